The zero-order valence-corrected chi connectivity index (χ0v) is 16.3. The van der Waals surface area contributed by atoms with Crippen LogP contribution in [0.3, 0.4) is 0 Å². The summed E-state index contributed by atoms with van der Waals surface area (Å²) in [5.74, 6) is -0.149. The number of carbonyl (C=O) groups is 3. The monoisotopic (exact) mass is 396 g/mol. The van der Waals surface area contributed by atoms with Gasteiger partial charge in [-0.15, -0.1) is 0 Å². The van der Waals surface area contributed by atoms with E-state index in [0.717, 1.165) is 31.5 Å². The molecule has 7 heteroatoms. The number of hydrogen-bond donors (Lipinski definition) is 1. The maximum absolute atomic E-state index is 12.3. The SMILES string of the molecule is COC(=O)c1ccc(OCC(=O)NCc2ccc(C(=O)N3CCCC3)cc2)cc1. The molecule has 0 radical (unpaired) electrons. The average molecular weight is 396 g/mol. The quantitative estimate of drug-likeness (QED) is 0.727. The predicted molar refractivity (Wildman–Crippen MR) is 107 cm³/mol. The van der Waals surface area contributed by atoms with Gasteiger partial charge in [-0.25, -0.2) is 4.79 Å². The normalized spacial score (nSPS) is 13.1. The minimum Gasteiger partial charge on any atom is -0.484 e. The molecular weight excluding hydrogens is 372 g/mol. The van der Waals surface area contributed by atoms with E-state index in [1.165, 1.54) is 7.11 Å². The van der Waals surface area contributed by atoms with E-state index in [-0.39, 0.29) is 18.4 Å². The Kier molecular flexibility index (Phi) is 6.84. The zero-order valence-electron chi connectivity index (χ0n) is 16.3. The topological polar surface area (TPSA) is 84.9 Å². The van der Waals surface area contributed by atoms with Gasteiger partial charge >= 0.3 is 5.97 Å². The molecule has 7 nitrogen and oxygen atoms in total. The number of esters is 1. The highest BCUT2D eigenvalue weighted by molar-refractivity contribution is 5.94. The Labute approximate surface area is 169 Å². The van der Waals surface area contributed by atoms with Crippen molar-refractivity contribution in [3.63, 3.8) is 0 Å². The molecule has 0 aromatic heterocycles. The summed E-state index contributed by atoms with van der Waals surface area (Å²) >= 11 is 0. The van der Waals surface area contributed by atoms with Crippen LogP contribution in [0.4, 0.5) is 0 Å². The maximum Gasteiger partial charge on any atom is 0.337 e. The first-order chi connectivity index (χ1) is 14.1. The van der Waals surface area contributed by atoms with Gasteiger partial charge in [0.05, 0.1) is 12.7 Å². The van der Waals surface area contributed by atoms with Crippen LogP contribution in [0, 0.1) is 0 Å². The van der Waals surface area contributed by atoms with Gasteiger partial charge in [0.25, 0.3) is 11.8 Å². The van der Waals surface area contributed by atoms with E-state index >= 15 is 0 Å². The summed E-state index contributed by atoms with van der Waals surface area (Å²) < 4.78 is 10.0. The number of carbonyl (C=O) groups excluding carboxylic acids is 3. The first-order valence-electron chi connectivity index (χ1n) is 9.53. The van der Waals surface area contributed by atoms with Crippen LogP contribution in [0.1, 0.15) is 39.1 Å². The molecule has 1 fully saturated rings. The average Bonchev–Trinajstić information content (AvgIpc) is 3.31. The van der Waals surface area contributed by atoms with Gasteiger partial charge in [0.15, 0.2) is 6.61 Å². The number of rotatable bonds is 7. The molecule has 0 saturated carbocycles. The maximum atomic E-state index is 12.3. The van der Waals surface area contributed by atoms with Crippen molar-refractivity contribution in [2.75, 3.05) is 26.8 Å². The molecular formula is C22H24N2O5. The van der Waals surface area contributed by atoms with Crippen molar-refractivity contribution < 1.29 is 23.9 Å². The number of nitrogens with zero attached hydrogens (tertiary/aromatic N) is 1. The first-order valence-corrected chi connectivity index (χ1v) is 9.53. The van der Waals surface area contributed by atoms with Gasteiger partial charge in [-0.2, -0.15) is 0 Å². The lowest BCUT2D eigenvalue weighted by atomic mass is 10.1. The third-order valence-corrected chi connectivity index (χ3v) is 4.73. The van der Waals surface area contributed by atoms with Crippen molar-refractivity contribution in [2.45, 2.75) is 19.4 Å². The van der Waals surface area contributed by atoms with Gasteiger partial charge in [0.1, 0.15) is 5.75 Å². The fourth-order valence-electron chi connectivity index (χ4n) is 3.07. The van der Waals surface area contributed by atoms with Crippen LogP contribution in [-0.4, -0.2) is 49.5 Å². The van der Waals surface area contributed by atoms with Gasteiger partial charge in [0.2, 0.25) is 0 Å². The van der Waals surface area contributed by atoms with Crippen LogP contribution < -0.4 is 10.1 Å². The summed E-state index contributed by atoms with van der Waals surface area (Å²) in [6.07, 6.45) is 2.13. The molecule has 2 aromatic rings. The van der Waals surface area contributed by atoms with E-state index < -0.39 is 5.97 Å². The molecule has 0 aliphatic carbocycles. The van der Waals surface area contributed by atoms with E-state index in [9.17, 15) is 14.4 Å². The van der Waals surface area contributed by atoms with Crippen molar-refractivity contribution in [1.29, 1.82) is 0 Å². The highest BCUT2D eigenvalue weighted by Gasteiger charge is 2.19. The standard InChI is InChI=1S/C22H24N2O5/c1-28-22(27)18-8-10-19(11-9-18)29-15-20(25)23-14-16-4-6-17(7-5-16)21(26)24-12-2-3-13-24/h4-11H,2-3,12-15H2,1H3,(H,23,25). The Hall–Kier alpha value is -3.35. The predicted octanol–water partition coefficient (Wildman–Crippen LogP) is 2.40. The van der Waals surface area contributed by atoms with Crippen molar-refractivity contribution in [1.82, 2.24) is 10.2 Å². The van der Waals surface area contributed by atoms with Crippen LogP contribution in [0.5, 0.6) is 5.75 Å². The Morgan fingerprint density at radius 3 is 2.17 bits per heavy atom. The smallest absolute Gasteiger partial charge is 0.337 e. The summed E-state index contributed by atoms with van der Waals surface area (Å²) in [5, 5.41) is 2.78. The number of ether oxygens (including phenoxy) is 2. The van der Waals surface area contributed by atoms with Gasteiger partial charge in [-0.1, -0.05) is 12.1 Å². The van der Waals surface area contributed by atoms with E-state index in [1.807, 2.05) is 17.0 Å². The van der Waals surface area contributed by atoms with E-state index in [1.54, 1.807) is 36.4 Å². The highest BCUT2D eigenvalue weighted by Crippen LogP contribution is 2.14. The number of methoxy groups -OCH3 is 1. The molecule has 1 aliphatic rings. The largest absolute Gasteiger partial charge is 0.484 e. The number of likely N-dealkylation sites (tertiary alicyclic amines) is 1. The summed E-state index contributed by atoms with van der Waals surface area (Å²) in [6.45, 7) is 1.86. The molecule has 1 heterocycles. The molecule has 0 bridgehead atoms. The number of nitrogens with one attached hydrogen (secondary N) is 1. The van der Waals surface area contributed by atoms with Crippen LogP contribution in [0.2, 0.25) is 0 Å². The second-order valence-electron chi connectivity index (χ2n) is 6.78. The summed E-state index contributed by atoms with van der Waals surface area (Å²) in [7, 11) is 1.32. The zero-order chi connectivity index (χ0) is 20.6. The molecule has 152 valence electrons. The molecule has 2 aromatic carbocycles. The number of benzene rings is 2. The number of hydrogen-bond acceptors (Lipinski definition) is 5. The highest BCUT2D eigenvalue weighted by atomic mass is 16.5. The van der Waals surface area contributed by atoms with E-state index in [0.29, 0.717) is 23.4 Å². The number of amides is 2. The molecule has 1 saturated heterocycles. The minimum atomic E-state index is -0.428. The Morgan fingerprint density at radius 1 is 0.931 bits per heavy atom. The molecule has 3 rings (SSSR count). The molecule has 29 heavy (non-hydrogen) atoms. The van der Waals surface area contributed by atoms with Gasteiger partial charge in [-0.3, -0.25) is 9.59 Å². The molecule has 1 aliphatic heterocycles. The molecule has 1 N–H and O–H groups in total. The second-order valence-corrected chi connectivity index (χ2v) is 6.78. The summed E-state index contributed by atoms with van der Waals surface area (Å²) in [5.41, 5.74) is 1.98. The van der Waals surface area contributed by atoms with Crippen LogP contribution in [0.15, 0.2) is 48.5 Å². The third-order valence-electron chi connectivity index (χ3n) is 4.73. The lowest BCUT2D eigenvalue weighted by molar-refractivity contribution is -0.123. The van der Waals surface area contributed by atoms with Crippen molar-refractivity contribution in [3.8, 4) is 5.75 Å². The van der Waals surface area contributed by atoms with Gasteiger partial charge in [-0.05, 0) is 54.8 Å². The fourth-order valence-corrected chi connectivity index (χ4v) is 3.07. The van der Waals surface area contributed by atoms with Gasteiger partial charge in [0, 0.05) is 25.2 Å². The Bertz CT molecular complexity index is 856. The van der Waals surface area contributed by atoms with Crippen molar-refractivity contribution >= 4 is 17.8 Å². The van der Waals surface area contributed by atoms with E-state index in [2.05, 4.69) is 10.1 Å². The van der Waals surface area contributed by atoms with Crippen LogP contribution in [0.25, 0.3) is 0 Å². The second kappa shape index (κ2) is 9.73. The Balaban J connectivity index is 1.43. The molecule has 0 spiro atoms. The van der Waals surface area contributed by atoms with Gasteiger partial charge < -0.3 is 19.7 Å². The third kappa shape index (κ3) is 5.57. The molecule has 0 unspecified atom stereocenters. The Morgan fingerprint density at radius 2 is 1.55 bits per heavy atom. The van der Waals surface area contributed by atoms with E-state index in [4.69, 9.17) is 4.74 Å². The minimum absolute atomic E-state index is 0.0599. The van der Waals surface area contributed by atoms with Crippen molar-refractivity contribution in [2.24, 2.45) is 0 Å². The fraction of sp³-hybridized carbons (Fsp3) is 0.318. The lowest BCUT2D eigenvalue weighted by Gasteiger charge is -2.15. The summed E-state index contributed by atoms with van der Waals surface area (Å²) in [4.78, 5) is 37.6. The lowest BCUT2D eigenvalue weighted by Crippen LogP contribution is -2.29. The van der Waals surface area contributed by atoms with Crippen LogP contribution in [-0.2, 0) is 16.1 Å². The first kappa shape index (κ1) is 20.4. The van der Waals surface area contributed by atoms with Crippen molar-refractivity contribution in [3.05, 3.63) is 65.2 Å². The van der Waals surface area contributed by atoms with Crippen LogP contribution >= 0.6 is 0 Å². The summed E-state index contributed by atoms with van der Waals surface area (Å²) in [6, 6.07) is 13.6. The molecule has 2 amide bonds. The molecule has 0 atom stereocenters.